The Morgan fingerprint density at radius 1 is 1.37 bits per heavy atom. The fourth-order valence-corrected chi connectivity index (χ4v) is 2.26. The number of carbonyl (C=O) groups excluding carboxylic acids is 1. The lowest BCUT2D eigenvalue weighted by atomic mass is 10.2. The maximum atomic E-state index is 12.2. The van der Waals surface area contributed by atoms with Gasteiger partial charge in [-0.05, 0) is 33.6 Å². The summed E-state index contributed by atoms with van der Waals surface area (Å²) in [6.45, 7) is 0.463. The van der Waals surface area contributed by atoms with Gasteiger partial charge < -0.3 is 4.90 Å². The van der Waals surface area contributed by atoms with Crippen molar-refractivity contribution in [3.05, 3.63) is 63.3 Å². The third-order valence-electron chi connectivity index (χ3n) is 2.66. The highest BCUT2D eigenvalue weighted by atomic mass is 79.9. The summed E-state index contributed by atoms with van der Waals surface area (Å²) in [6, 6.07) is 9.24. The molecule has 98 valence electrons. The lowest BCUT2D eigenvalue weighted by molar-refractivity contribution is 0.0784. The van der Waals surface area contributed by atoms with E-state index in [1.165, 1.54) is 0 Å². The maximum Gasteiger partial charge on any atom is 0.255 e. The monoisotopic (exact) mass is 338 g/mol. The summed E-state index contributed by atoms with van der Waals surface area (Å²) < 4.78 is 0.782. The standard InChI is InChI=1S/C14H12BrClN2O/c1-18(9-10-4-2-3-5-13(10)16)14(19)11-6-12(15)8-17-7-11/h2-8H,9H2,1H3. The SMILES string of the molecule is CN(Cc1ccccc1Cl)C(=O)c1cncc(Br)c1. The fourth-order valence-electron chi connectivity index (χ4n) is 1.70. The maximum absolute atomic E-state index is 12.2. The van der Waals surface area contributed by atoms with E-state index in [0.29, 0.717) is 17.1 Å². The molecule has 19 heavy (non-hydrogen) atoms. The number of pyridine rings is 1. The highest BCUT2D eigenvalue weighted by molar-refractivity contribution is 9.10. The molecule has 5 heteroatoms. The number of hydrogen-bond donors (Lipinski definition) is 0. The van der Waals surface area contributed by atoms with Gasteiger partial charge in [-0.15, -0.1) is 0 Å². The first-order valence-corrected chi connectivity index (χ1v) is 6.84. The van der Waals surface area contributed by atoms with Crippen molar-refractivity contribution in [2.75, 3.05) is 7.05 Å². The normalized spacial score (nSPS) is 10.3. The Bertz CT molecular complexity index is 604. The van der Waals surface area contributed by atoms with Gasteiger partial charge >= 0.3 is 0 Å². The van der Waals surface area contributed by atoms with E-state index >= 15 is 0 Å². The Labute approximate surface area is 125 Å². The smallest absolute Gasteiger partial charge is 0.255 e. The molecule has 0 saturated carbocycles. The zero-order valence-corrected chi connectivity index (χ0v) is 12.6. The second-order valence-corrected chi connectivity index (χ2v) is 5.47. The molecule has 2 aromatic rings. The van der Waals surface area contributed by atoms with E-state index in [1.54, 1.807) is 30.4 Å². The van der Waals surface area contributed by atoms with Crippen molar-refractivity contribution in [3.8, 4) is 0 Å². The van der Waals surface area contributed by atoms with Crippen LogP contribution in [0, 0.1) is 0 Å². The summed E-state index contributed by atoms with van der Waals surface area (Å²) in [5.41, 5.74) is 1.46. The molecular weight excluding hydrogens is 328 g/mol. The van der Waals surface area contributed by atoms with Gasteiger partial charge in [0.05, 0.1) is 5.56 Å². The molecule has 2 rings (SSSR count). The van der Waals surface area contributed by atoms with E-state index in [0.717, 1.165) is 10.0 Å². The summed E-state index contributed by atoms with van der Waals surface area (Å²) in [4.78, 5) is 17.8. The molecule has 0 bridgehead atoms. The Morgan fingerprint density at radius 2 is 2.11 bits per heavy atom. The lowest BCUT2D eigenvalue weighted by Crippen LogP contribution is -2.26. The van der Waals surface area contributed by atoms with Gasteiger partial charge in [0.25, 0.3) is 5.91 Å². The largest absolute Gasteiger partial charge is 0.337 e. The number of rotatable bonds is 3. The number of aromatic nitrogens is 1. The number of hydrogen-bond acceptors (Lipinski definition) is 2. The number of nitrogens with zero attached hydrogens (tertiary/aromatic N) is 2. The van der Waals surface area contributed by atoms with E-state index in [2.05, 4.69) is 20.9 Å². The average molecular weight is 340 g/mol. The lowest BCUT2D eigenvalue weighted by Gasteiger charge is -2.18. The van der Waals surface area contributed by atoms with E-state index in [4.69, 9.17) is 11.6 Å². The zero-order chi connectivity index (χ0) is 13.8. The van der Waals surface area contributed by atoms with Crippen molar-refractivity contribution in [2.24, 2.45) is 0 Å². The second kappa shape index (κ2) is 6.17. The van der Waals surface area contributed by atoms with Crippen molar-refractivity contribution in [3.63, 3.8) is 0 Å². The van der Waals surface area contributed by atoms with Gasteiger partial charge in [0.2, 0.25) is 0 Å². The topological polar surface area (TPSA) is 33.2 Å². The van der Waals surface area contributed by atoms with Crippen LogP contribution in [0.2, 0.25) is 5.02 Å². The molecule has 0 unspecified atom stereocenters. The molecule has 0 radical (unpaired) electrons. The minimum absolute atomic E-state index is 0.0891. The molecule has 0 spiro atoms. The van der Waals surface area contributed by atoms with Crippen LogP contribution in [0.15, 0.2) is 47.2 Å². The van der Waals surface area contributed by atoms with Crippen LogP contribution in [0.25, 0.3) is 0 Å². The fraction of sp³-hybridized carbons (Fsp3) is 0.143. The summed E-state index contributed by atoms with van der Waals surface area (Å²) >= 11 is 9.39. The van der Waals surface area contributed by atoms with Gasteiger partial charge in [0.1, 0.15) is 0 Å². The number of halogens is 2. The third kappa shape index (κ3) is 3.55. The molecule has 3 nitrogen and oxygen atoms in total. The average Bonchev–Trinajstić information content (AvgIpc) is 2.40. The Morgan fingerprint density at radius 3 is 2.79 bits per heavy atom. The molecule has 0 fully saturated rings. The molecule has 0 saturated heterocycles. The van der Waals surface area contributed by atoms with Gasteiger partial charge in [-0.25, -0.2) is 0 Å². The second-order valence-electron chi connectivity index (χ2n) is 4.14. The Kier molecular flexibility index (Phi) is 4.56. The van der Waals surface area contributed by atoms with Crippen LogP contribution >= 0.6 is 27.5 Å². The van der Waals surface area contributed by atoms with E-state index in [-0.39, 0.29) is 5.91 Å². The van der Waals surface area contributed by atoms with Crippen molar-refractivity contribution in [2.45, 2.75) is 6.54 Å². The summed E-state index contributed by atoms with van der Waals surface area (Å²) in [5, 5.41) is 0.662. The van der Waals surface area contributed by atoms with Gasteiger partial charge in [-0.1, -0.05) is 29.8 Å². The number of carbonyl (C=O) groups is 1. The molecule has 1 heterocycles. The van der Waals surface area contributed by atoms with Crippen LogP contribution < -0.4 is 0 Å². The highest BCUT2D eigenvalue weighted by Crippen LogP contribution is 2.18. The predicted molar refractivity (Wildman–Crippen MR) is 79.2 cm³/mol. The quantitative estimate of drug-likeness (QED) is 0.853. The molecule has 0 aliphatic heterocycles. The molecule has 1 aromatic carbocycles. The summed E-state index contributed by atoms with van der Waals surface area (Å²) in [5.74, 6) is -0.0891. The van der Waals surface area contributed by atoms with Crippen LogP contribution in [0.4, 0.5) is 0 Å². The van der Waals surface area contributed by atoms with E-state index in [9.17, 15) is 4.79 Å². The van der Waals surface area contributed by atoms with Gasteiger partial charge in [0, 0.05) is 35.5 Å². The minimum Gasteiger partial charge on any atom is -0.337 e. The molecular formula is C14H12BrClN2O. The van der Waals surface area contributed by atoms with Crippen LogP contribution in [-0.4, -0.2) is 22.8 Å². The van der Waals surface area contributed by atoms with Crippen LogP contribution in [-0.2, 0) is 6.54 Å². The molecule has 1 amide bonds. The van der Waals surface area contributed by atoms with Gasteiger partial charge in [-0.2, -0.15) is 0 Å². The van der Waals surface area contributed by atoms with Crippen molar-refractivity contribution >= 4 is 33.4 Å². The van der Waals surface area contributed by atoms with Crippen LogP contribution in [0.5, 0.6) is 0 Å². The number of amides is 1. The van der Waals surface area contributed by atoms with Crippen molar-refractivity contribution in [1.29, 1.82) is 0 Å². The minimum atomic E-state index is -0.0891. The molecule has 0 aliphatic rings. The highest BCUT2D eigenvalue weighted by Gasteiger charge is 2.13. The first-order chi connectivity index (χ1) is 9.08. The van der Waals surface area contributed by atoms with Crippen LogP contribution in [0.3, 0.4) is 0 Å². The number of benzene rings is 1. The van der Waals surface area contributed by atoms with Crippen molar-refractivity contribution < 1.29 is 4.79 Å². The molecule has 0 aliphatic carbocycles. The zero-order valence-electron chi connectivity index (χ0n) is 10.3. The molecule has 0 atom stereocenters. The Hall–Kier alpha value is -1.39. The van der Waals surface area contributed by atoms with Gasteiger partial charge in [0.15, 0.2) is 0 Å². The van der Waals surface area contributed by atoms with E-state index < -0.39 is 0 Å². The first-order valence-electron chi connectivity index (χ1n) is 5.67. The van der Waals surface area contributed by atoms with Gasteiger partial charge in [-0.3, -0.25) is 9.78 Å². The summed E-state index contributed by atoms with van der Waals surface area (Å²) in [7, 11) is 1.74. The third-order valence-corrected chi connectivity index (χ3v) is 3.47. The summed E-state index contributed by atoms with van der Waals surface area (Å²) in [6.07, 6.45) is 3.20. The Balaban J connectivity index is 2.14. The predicted octanol–water partition coefficient (Wildman–Crippen LogP) is 3.77. The molecule has 0 N–H and O–H groups in total. The first kappa shape index (κ1) is 14.0. The van der Waals surface area contributed by atoms with Crippen molar-refractivity contribution in [1.82, 2.24) is 9.88 Å². The molecule has 1 aromatic heterocycles. The van der Waals surface area contributed by atoms with E-state index in [1.807, 2.05) is 24.3 Å². The van der Waals surface area contributed by atoms with Crippen LogP contribution in [0.1, 0.15) is 15.9 Å².